The van der Waals surface area contributed by atoms with Crippen molar-refractivity contribution in [3.63, 3.8) is 0 Å². The monoisotopic (exact) mass is 382 g/mol. The molecule has 0 atom stereocenters. The molecule has 0 aliphatic rings. The number of hydrogen-bond acceptors (Lipinski definition) is 0. The van der Waals surface area contributed by atoms with Crippen molar-refractivity contribution in [2.45, 2.75) is 77.6 Å². The normalized spacial score (nSPS) is 13.8. The maximum Gasteiger partial charge on any atom is 0.119 e. The minimum absolute atomic E-state index is 0.139. The summed E-state index contributed by atoms with van der Waals surface area (Å²) < 4.78 is 0. The van der Waals surface area contributed by atoms with E-state index in [0.717, 1.165) is 0 Å². The van der Waals surface area contributed by atoms with Crippen molar-refractivity contribution in [1.29, 1.82) is 0 Å². The van der Waals surface area contributed by atoms with Gasteiger partial charge in [-0.2, -0.15) is 0 Å². The molecule has 0 rings (SSSR count). The Kier molecular flexibility index (Phi) is 11.4. The Balaban J connectivity index is 3.14. The molecule has 0 aromatic heterocycles. The van der Waals surface area contributed by atoms with Gasteiger partial charge >= 0.3 is 0 Å². The lowest BCUT2D eigenvalue weighted by Crippen LogP contribution is -2.13. The zero-order chi connectivity index (χ0) is 13.1. The summed E-state index contributed by atoms with van der Waals surface area (Å²) in [6.45, 7) is 9.44. The highest BCUT2D eigenvalue weighted by Crippen LogP contribution is 2.21. The molecular weight excluding hydrogens is 351 g/mol. The molecule has 0 aromatic rings. The third-order valence-electron chi connectivity index (χ3n) is 3.34. The van der Waals surface area contributed by atoms with Crippen molar-refractivity contribution >= 4 is 36.9 Å². The first-order valence-electron chi connectivity index (χ1n) is 7.26. The zero-order valence-corrected chi connectivity index (χ0v) is 16.9. The van der Waals surface area contributed by atoms with Crippen molar-refractivity contribution < 1.29 is 0 Å². The molecule has 0 heterocycles. The largest absolute Gasteiger partial charge is 0.119 e. The van der Waals surface area contributed by atoms with Crippen LogP contribution in [-0.4, -0.2) is 15.1 Å². The molecule has 17 heavy (non-hydrogen) atoms. The van der Waals surface area contributed by atoms with E-state index in [9.17, 15) is 0 Å². The lowest BCUT2D eigenvalue weighted by molar-refractivity contribution is 0.622. The SMILES string of the molecule is CC=C(C)[SiH2]CCCCCCCC[Si](C)(C)I. The van der Waals surface area contributed by atoms with Crippen molar-refractivity contribution in [3.05, 3.63) is 11.3 Å². The first-order valence-corrected chi connectivity index (χ1v) is 15.3. The molecule has 0 saturated heterocycles. The van der Waals surface area contributed by atoms with Crippen molar-refractivity contribution in [2.24, 2.45) is 0 Å². The van der Waals surface area contributed by atoms with Gasteiger partial charge in [-0.05, 0) is 19.9 Å². The molecule has 0 N–H and O–H groups in total. The van der Waals surface area contributed by atoms with E-state index in [1.807, 2.05) is 0 Å². The Morgan fingerprint density at radius 2 is 1.59 bits per heavy atom. The Morgan fingerprint density at radius 1 is 1.06 bits per heavy atom. The predicted molar refractivity (Wildman–Crippen MR) is 96.8 cm³/mol. The van der Waals surface area contributed by atoms with Crippen LogP contribution >= 0.6 is 21.8 Å². The Labute approximate surface area is 125 Å². The number of allylic oxidation sites excluding steroid dienone is 2. The van der Waals surface area contributed by atoms with Crippen LogP contribution in [0.3, 0.4) is 0 Å². The maximum absolute atomic E-state index is 2.70. The quantitative estimate of drug-likeness (QED) is 0.203. The van der Waals surface area contributed by atoms with Gasteiger partial charge in [-0.1, -0.05) is 68.9 Å². The van der Waals surface area contributed by atoms with Gasteiger partial charge in [0, 0.05) is 9.52 Å². The lowest BCUT2D eigenvalue weighted by Gasteiger charge is -2.12. The van der Waals surface area contributed by atoms with Gasteiger partial charge in [-0.15, -0.1) is 21.8 Å². The summed E-state index contributed by atoms with van der Waals surface area (Å²) in [7, 11) is 0.139. The molecule has 0 aromatic carbocycles. The average molecular weight is 382 g/mol. The second-order valence-corrected chi connectivity index (χ2v) is 20.8. The predicted octanol–water partition coefficient (Wildman–Crippen LogP) is 5.48. The number of hydrogen-bond donors (Lipinski definition) is 0. The second kappa shape index (κ2) is 10.8. The summed E-state index contributed by atoms with van der Waals surface area (Å²) in [5.41, 5.74) is -0.786. The zero-order valence-electron chi connectivity index (χ0n) is 12.3. The van der Waals surface area contributed by atoms with E-state index in [-0.39, 0.29) is 9.52 Å². The third kappa shape index (κ3) is 14.8. The van der Waals surface area contributed by atoms with Gasteiger partial charge < -0.3 is 0 Å². The van der Waals surface area contributed by atoms with Crippen LogP contribution in [0, 0.1) is 0 Å². The summed E-state index contributed by atoms with van der Waals surface area (Å²) in [5.74, 6) is 0. The summed E-state index contributed by atoms with van der Waals surface area (Å²) in [5, 5.41) is 1.69. The molecule has 0 fully saturated rings. The highest BCUT2D eigenvalue weighted by atomic mass is 127. The summed E-state index contributed by atoms with van der Waals surface area (Å²) in [6, 6.07) is 3.05. The topological polar surface area (TPSA) is 0 Å². The molecule has 3 heteroatoms. The number of unbranched alkanes of at least 4 members (excludes halogenated alkanes) is 5. The number of rotatable bonds is 10. The van der Waals surface area contributed by atoms with E-state index >= 15 is 0 Å². The standard InChI is InChI=1S/C14H31ISi2/c1-5-14(2)16-12-10-8-6-7-9-11-13-17(3,4)15/h5H,6-13,16H2,1-4H3. The smallest absolute Gasteiger partial charge is 0.119 e. The van der Waals surface area contributed by atoms with Gasteiger partial charge in [0.1, 0.15) is 5.57 Å². The molecule has 0 aliphatic carbocycles. The molecule has 0 nitrogen and oxygen atoms in total. The molecule has 0 bridgehead atoms. The Bertz CT molecular complexity index is 207. The summed E-state index contributed by atoms with van der Waals surface area (Å²) in [6.07, 6.45) is 11.2. The number of halogens is 1. The van der Waals surface area contributed by atoms with E-state index in [2.05, 4.69) is 54.8 Å². The summed E-state index contributed by atoms with van der Waals surface area (Å²) in [4.78, 5) is 0. The van der Waals surface area contributed by atoms with Crippen LogP contribution < -0.4 is 0 Å². The van der Waals surface area contributed by atoms with Gasteiger partial charge in [0.05, 0.1) is 0 Å². The molecule has 0 radical (unpaired) electrons. The Hall–Kier alpha value is 0.904. The fraction of sp³-hybridized carbons (Fsp3) is 0.857. The lowest BCUT2D eigenvalue weighted by atomic mass is 10.1. The molecule has 102 valence electrons. The first kappa shape index (κ1) is 17.9. The van der Waals surface area contributed by atoms with Gasteiger partial charge in [-0.3, -0.25) is 0 Å². The van der Waals surface area contributed by atoms with E-state index in [0.29, 0.717) is 0 Å². The van der Waals surface area contributed by atoms with E-state index in [1.54, 1.807) is 5.20 Å². The molecule has 0 spiro atoms. The third-order valence-corrected chi connectivity index (χ3v) is 8.55. The van der Waals surface area contributed by atoms with Gasteiger partial charge in [0.2, 0.25) is 0 Å². The van der Waals surface area contributed by atoms with Gasteiger partial charge in [0.25, 0.3) is 0 Å². The summed E-state index contributed by atoms with van der Waals surface area (Å²) >= 11 is 2.70. The highest BCUT2D eigenvalue weighted by Gasteiger charge is 2.14. The fourth-order valence-electron chi connectivity index (χ4n) is 1.98. The van der Waals surface area contributed by atoms with Gasteiger partial charge in [0.15, 0.2) is 0 Å². The van der Waals surface area contributed by atoms with Crippen molar-refractivity contribution in [1.82, 2.24) is 0 Å². The van der Waals surface area contributed by atoms with Crippen molar-refractivity contribution in [3.8, 4) is 0 Å². The highest BCUT2D eigenvalue weighted by molar-refractivity contribution is 14.1. The van der Waals surface area contributed by atoms with E-state index in [1.165, 1.54) is 50.6 Å². The molecule has 0 unspecified atom stereocenters. The molecular formula is C14H31ISi2. The van der Waals surface area contributed by atoms with Crippen LogP contribution in [0.25, 0.3) is 0 Å². The molecule has 0 amide bonds. The fourth-order valence-corrected chi connectivity index (χ4v) is 5.66. The molecule has 0 aliphatic heterocycles. The minimum atomic E-state index is -0.786. The van der Waals surface area contributed by atoms with Gasteiger partial charge in [-0.25, -0.2) is 0 Å². The van der Waals surface area contributed by atoms with Crippen LogP contribution in [0.5, 0.6) is 0 Å². The van der Waals surface area contributed by atoms with Crippen LogP contribution in [-0.2, 0) is 0 Å². The minimum Gasteiger partial charge on any atom is -0.119 e. The van der Waals surface area contributed by atoms with Crippen molar-refractivity contribution in [2.75, 3.05) is 0 Å². The average Bonchev–Trinajstić information content (AvgIpc) is 2.25. The maximum atomic E-state index is 2.70. The second-order valence-electron chi connectivity index (χ2n) is 5.83. The van der Waals surface area contributed by atoms with Crippen LogP contribution in [0.15, 0.2) is 11.3 Å². The van der Waals surface area contributed by atoms with Crippen LogP contribution in [0.2, 0.25) is 25.2 Å². The Morgan fingerprint density at radius 3 is 2.12 bits per heavy atom. The van der Waals surface area contributed by atoms with Crippen LogP contribution in [0.4, 0.5) is 0 Å². The molecule has 0 saturated carbocycles. The van der Waals surface area contributed by atoms with E-state index in [4.69, 9.17) is 0 Å². The van der Waals surface area contributed by atoms with E-state index < -0.39 is 5.57 Å². The van der Waals surface area contributed by atoms with Crippen LogP contribution in [0.1, 0.15) is 52.4 Å². The first-order chi connectivity index (χ1) is 7.95.